The molecule has 1 atom stereocenters. The maximum absolute atomic E-state index is 12.3. The second-order valence-corrected chi connectivity index (χ2v) is 6.62. The molecular formula is C16H20N2O4S. The van der Waals surface area contributed by atoms with Gasteiger partial charge in [-0.3, -0.25) is 14.6 Å². The molecule has 0 bridgehead atoms. The number of ether oxygens (including phenoxy) is 1. The second kappa shape index (κ2) is 7.59. The van der Waals surface area contributed by atoms with Gasteiger partial charge in [0.2, 0.25) is 5.91 Å². The molecular weight excluding hydrogens is 316 g/mol. The minimum atomic E-state index is -0.448. The summed E-state index contributed by atoms with van der Waals surface area (Å²) in [4.78, 5) is 41.0. The van der Waals surface area contributed by atoms with Gasteiger partial charge < -0.3 is 9.64 Å². The van der Waals surface area contributed by atoms with Gasteiger partial charge in [-0.05, 0) is 25.8 Å². The number of carbonyl (C=O) groups is 3. The summed E-state index contributed by atoms with van der Waals surface area (Å²) in [7, 11) is 0. The lowest BCUT2D eigenvalue weighted by molar-refractivity contribution is -0.117. The molecule has 1 unspecified atom stereocenters. The highest BCUT2D eigenvalue weighted by molar-refractivity contribution is 8.13. The standard InChI is InChI=1S/C16H20N2O4S/c1-4-22-16(21)13-6-14(10(2)17-7-13)18-8-12(5-15(18)20)9-23-11(3)19/h6-7,12H,4-5,8-9H2,1-3H3. The van der Waals surface area contributed by atoms with Gasteiger partial charge in [-0.15, -0.1) is 0 Å². The summed E-state index contributed by atoms with van der Waals surface area (Å²) in [6.45, 7) is 5.88. The highest BCUT2D eigenvalue weighted by atomic mass is 32.2. The Morgan fingerprint density at radius 3 is 2.87 bits per heavy atom. The Labute approximate surface area is 139 Å². The van der Waals surface area contributed by atoms with Gasteiger partial charge in [-0.1, -0.05) is 11.8 Å². The SMILES string of the molecule is CCOC(=O)c1cnc(C)c(N2CC(CSC(C)=O)CC2=O)c1. The number of pyridine rings is 1. The summed E-state index contributed by atoms with van der Waals surface area (Å²) in [6.07, 6.45) is 1.86. The van der Waals surface area contributed by atoms with Crippen LogP contribution in [0.25, 0.3) is 0 Å². The smallest absolute Gasteiger partial charge is 0.339 e. The van der Waals surface area contributed by atoms with Crippen molar-refractivity contribution in [2.45, 2.75) is 27.2 Å². The molecule has 0 N–H and O–H groups in total. The van der Waals surface area contributed by atoms with Crippen molar-refractivity contribution in [2.75, 3.05) is 23.8 Å². The number of rotatable bonds is 5. The van der Waals surface area contributed by atoms with E-state index in [1.807, 2.05) is 0 Å². The lowest BCUT2D eigenvalue weighted by Gasteiger charge is -2.19. The Balaban J connectivity index is 2.17. The number of aromatic nitrogens is 1. The van der Waals surface area contributed by atoms with E-state index < -0.39 is 5.97 Å². The number of hydrogen-bond acceptors (Lipinski definition) is 6. The highest BCUT2D eigenvalue weighted by Gasteiger charge is 2.32. The van der Waals surface area contributed by atoms with Crippen molar-refractivity contribution in [3.05, 3.63) is 23.5 Å². The molecule has 1 aromatic heterocycles. The predicted octanol–water partition coefficient (Wildman–Crippen LogP) is 2.20. The zero-order valence-corrected chi connectivity index (χ0v) is 14.3. The molecule has 1 fully saturated rings. The second-order valence-electron chi connectivity index (χ2n) is 5.43. The number of amides is 1. The van der Waals surface area contributed by atoms with Gasteiger partial charge in [0, 0.05) is 31.8 Å². The highest BCUT2D eigenvalue weighted by Crippen LogP contribution is 2.29. The molecule has 0 spiro atoms. The van der Waals surface area contributed by atoms with Crippen LogP contribution in [-0.2, 0) is 14.3 Å². The van der Waals surface area contributed by atoms with Crippen molar-refractivity contribution in [1.29, 1.82) is 0 Å². The summed E-state index contributed by atoms with van der Waals surface area (Å²) in [5.41, 5.74) is 1.66. The number of hydrogen-bond donors (Lipinski definition) is 0. The fourth-order valence-electron chi connectivity index (χ4n) is 2.48. The van der Waals surface area contributed by atoms with E-state index in [2.05, 4.69) is 4.98 Å². The normalized spacial score (nSPS) is 17.4. The van der Waals surface area contributed by atoms with Crippen molar-refractivity contribution < 1.29 is 19.1 Å². The molecule has 1 saturated heterocycles. The molecule has 1 aliphatic rings. The fourth-order valence-corrected chi connectivity index (χ4v) is 3.18. The molecule has 0 saturated carbocycles. The van der Waals surface area contributed by atoms with Crippen molar-refractivity contribution in [2.24, 2.45) is 5.92 Å². The molecule has 0 aliphatic carbocycles. The minimum Gasteiger partial charge on any atom is -0.462 e. The van der Waals surface area contributed by atoms with Crippen LogP contribution < -0.4 is 4.90 Å². The van der Waals surface area contributed by atoms with Gasteiger partial charge in [0.15, 0.2) is 5.12 Å². The van der Waals surface area contributed by atoms with Gasteiger partial charge in [0.1, 0.15) is 0 Å². The molecule has 124 valence electrons. The van der Waals surface area contributed by atoms with Crippen LogP contribution in [0.1, 0.15) is 36.3 Å². The van der Waals surface area contributed by atoms with E-state index >= 15 is 0 Å². The minimum absolute atomic E-state index is 0.00920. The van der Waals surface area contributed by atoms with Gasteiger partial charge in [-0.2, -0.15) is 0 Å². The Hall–Kier alpha value is -1.89. The van der Waals surface area contributed by atoms with Crippen LogP contribution >= 0.6 is 11.8 Å². The van der Waals surface area contributed by atoms with Crippen LogP contribution in [0, 0.1) is 12.8 Å². The third-order valence-electron chi connectivity index (χ3n) is 3.59. The zero-order chi connectivity index (χ0) is 17.0. The molecule has 7 heteroatoms. The quantitative estimate of drug-likeness (QED) is 0.767. The van der Waals surface area contributed by atoms with Crippen molar-refractivity contribution in [3.63, 3.8) is 0 Å². The molecule has 1 aromatic rings. The summed E-state index contributed by atoms with van der Waals surface area (Å²) in [6, 6.07) is 1.65. The Kier molecular flexibility index (Phi) is 5.76. The Morgan fingerprint density at radius 2 is 2.22 bits per heavy atom. The summed E-state index contributed by atoms with van der Waals surface area (Å²) >= 11 is 1.24. The number of esters is 1. The topological polar surface area (TPSA) is 76.6 Å². The van der Waals surface area contributed by atoms with Crippen LogP contribution in [0.3, 0.4) is 0 Å². The molecule has 23 heavy (non-hydrogen) atoms. The van der Waals surface area contributed by atoms with E-state index in [1.54, 1.807) is 24.8 Å². The van der Waals surface area contributed by atoms with E-state index in [9.17, 15) is 14.4 Å². The lowest BCUT2D eigenvalue weighted by atomic mass is 10.1. The van der Waals surface area contributed by atoms with Crippen LogP contribution in [0.15, 0.2) is 12.3 Å². The predicted molar refractivity (Wildman–Crippen MR) is 88.5 cm³/mol. The van der Waals surface area contributed by atoms with Crippen molar-refractivity contribution in [3.8, 4) is 0 Å². The number of aryl methyl sites for hydroxylation is 1. The van der Waals surface area contributed by atoms with Gasteiger partial charge in [-0.25, -0.2) is 4.79 Å². The van der Waals surface area contributed by atoms with Crippen LogP contribution in [0.2, 0.25) is 0 Å². The van der Waals surface area contributed by atoms with E-state index in [0.717, 1.165) is 0 Å². The average molecular weight is 336 g/mol. The van der Waals surface area contributed by atoms with Gasteiger partial charge in [0.25, 0.3) is 0 Å². The average Bonchev–Trinajstić information content (AvgIpc) is 2.87. The number of nitrogens with zero attached hydrogens (tertiary/aromatic N) is 2. The third-order valence-corrected chi connectivity index (χ3v) is 4.63. The summed E-state index contributed by atoms with van der Waals surface area (Å²) in [5, 5.41) is 0.0538. The first-order chi connectivity index (χ1) is 10.9. The molecule has 1 aliphatic heterocycles. The lowest BCUT2D eigenvalue weighted by Crippen LogP contribution is -2.26. The van der Waals surface area contributed by atoms with Gasteiger partial charge >= 0.3 is 5.97 Å². The zero-order valence-electron chi connectivity index (χ0n) is 13.5. The number of thioether (sulfide) groups is 1. The van der Waals surface area contributed by atoms with E-state index in [-0.39, 0.29) is 23.5 Å². The van der Waals surface area contributed by atoms with Gasteiger partial charge in [0.05, 0.1) is 23.6 Å². The first-order valence-electron chi connectivity index (χ1n) is 7.49. The first kappa shape index (κ1) is 17.5. The summed E-state index contributed by atoms with van der Waals surface area (Å²) in [5.74, 6) is 0.297. The maximum Gasteiger partial charge on any atom is 0.339 e. The molecule has 6 nitrogen and oxygen atoms in total. The fraction of sp³-hybridized carbons (Fsp3) is 0.500. The van der Waals surface area contributed by atoms with Crippen molar-refractivity contribution >= 4 is 34.4 Å². The van der Waals surface area contributed by atoms with Crippen LogP contribution in [0.4, 0.5) is 5.69 Å². The Bertz CT molecular complexity index is 633. The third kappa shape index (κ3) is 4.31. The molecule has 0 aromatic carbocycles. The van der Waals surface area contributed by atoms with E-state index in [0.29, 0.717) is 35.7 Å². The summed E-state index contributed by atoms with van der Waals surface area (Å²) < 4.78 is 4.98. The molecule has 2 heterocycles. The van der Waals surface area contributed by atoms with E-state index in [1.165, 1.54) is 24.9 Å². The van der Waals surface area contributed by atoms with Crippen LogP contribution in [-0.4, -0.2) is 40.9 Å². The first-order valence-corrected chi connectivity index (χ1v) is 8.48. The largest absolute Gasteiger partial charge is 0.462 e. The molecule has 1 amide bonds. The number of anilines is 1. The van der Waals surface area contributed by atoms with Crippen molar-refractivity contribution in [1.82, 2.24) is 4.98 Å². The molecule has 2 rings (SSSR count). The Morgan fingerprint density at radius 1 is 1.48 bits per heavy atom. The number of carbonyl (C=O) groups excluding carboxylic acids is 3. The van der Waals surface area contributed by atoms with E-state index in [4.69, 9.17) is 4.74 Å². The molecule has 0 radical (unpaired) electrons. The maximum atomic E-state index is 12.3. The van der Waals surface area contributed by atoms with Crippen LogP contribution in [0.5, 0.6) is 0 Å². The monoisotopic (exact) mass is 336 g/mol.